The third-order valence-electron chi connectivity index (χ3n) is 3.39. The van der Waals surface area contributed by atoms with Gasteiger partial charge >= 0.3 is 0 Å². The van der Waals surface area contributed by atoms with Crippen molar-refractivity contribution in [1.29, 1.82) is 0 Å². The fourth-order valence-corrected chi connectivity index (χ4v) is 2.58. The maximum absolute atomic E-state index is 11.9. The monoisotopic (exact) mass is 312 g/mol. The van der Waals surface area contributed by atoms with Gasteiger partial charge in [0.25, 0.3) is 0 Å². The topological polar surface area (TPSA) is 71.2 Å². The highest BCUT2D eigenvalue weighted by Gasteiger charge is 2.39. The van der Waals surface area contributed by atoms with Crippen LogP contribution in [0, 0.1) is 6.92 Å². The van der Waals surface area contributed by atoms with Gasteiger partial charge in [0.2, 0.25) is 5.91 Å². The summed E-state index contributed by atoms with van der Waals surface area (Å²) in [7, 11) is 0. The molecule has 0 saturated carbocycles. The molecule has 6 heteroatoms. The van der Waals surface area contributed by atoms with Crippen molar-refractivity contribution in [3.8, 4) is 0 Å². The second-order valence-electron chi connectivity index (χ2n) is 4.94. The Bertz CT molecular complexity index is 501. The van der Waals surface area contributed by atoms with Gasteiger partial charge < -0.3 is 16.0 Å². The number of pyridine rings is 1. The number of nitrogen functional groups attached to an aromatic ring is 1. The predicted octanol–water partition coefficient (Wildman–Crippen LogP) is 1.45. The molecule has 0 aliphatic carbocycles. The molecule has 5 nitrogen and oxygen atoms in total. The molecular formula is C12H17BrN4O. The highest BCUT2D eigenvalue weighted by Crippen LogP contribution is 2.34. The molecule has 0 bridgehead atoms. The van der Waals surface area contributed by atoms with Crippen LogP contribution in [0.5, 0.6) is 0 Å². The zero-order valence-corrected chi connectivity index (χ0v) is 12.3. The quantitative estimate of drug-likeness (QED) is 0.823. The summed E-state index contributed by atoms with van der Waals surface area (Å²) in [4.78, 5) is 18.3. The minimum absolute atomic E-state index is 0.0110. The van der Waals surface area contributed by atoms with Gasteiger partial charge in [-0.05, 0) is 42.3 Å². The van der Waals surface area contributed by atoms with E-state index in [9.17, 15) is 4.79 Å². The lowest BCUT2D eigenvalue weighted by Crippen LogP contribution is -2.62. The Morgan fingerprint density at radius 1 is 1.56 bits per heavy atom. The first-order chi connectivity index (χ1) is 8.35. The molecule has 98 valence electrons. The first-order valence-corrected chi connectivity index (χ1v) is 6.61. The van der Waals surface area contributed by atoms with E-state index in [1.54, 1.807) is 6.20 Å². The fourth-order valence-electron chi connectivity index (χ4n) is 2.04. The molecule has 0 unspecified atom stereocenters. The number of carbonyl (C=O) groups excluding carboxylic acids is 1. The van der Waals surface area contributed by atoms with E-state index in [1.807, 2.05) is 25.7 Å². The van der Waals surface area contributed by atoms with E-state index in [2.05, 4.69) is 26.2 Å². The Labute approximate surface area is 115 Å². The van der Waals surface area contributed by atoms with Crippen molar-refractivity contribution in [3.63, 3.8) is 0 Å². The number of piperazine rings is 1. The number of hydrogen-bond acceptors (Lipinski definition) is 4. The van der Waals surface area contributed by atoms with Gasteiger partial charge in [0.15, 0.2) is 0 Å². The lowest BCUT2D eigenvalue weighted by atomic mass is 9.99. The van der Waals surface area contributed by atoms with Crippen LogP contribution >= 0.6 is 15.9 Å². The summed E-state index contributed by atoms with van der Waals surface area (Å²) in [5.41, 5.74) is 6.80. The fraction of sp³-hybridized carbons (Fsp3) is 0.500. The minimum Gasteiger partial charge on any atom is -0.397 e. The Morgan fingerprint density at radius 2 is 2.22 bits per heavy atom. The van der Waals surface area contributed by atoms with Crippen LogP contribution in [0.2, 0.25) is 0 Å². The van der Waals surface area contributed by atoms with Crippen molar-refractivity contribution in [2.45, 2.75) is 26.3 Å². The van der Waals surface area contributed by atoms with Crippen LogP contribution in [-0.4, -0.2) is 29.5 Å². The lowest BCUT2D eigenvalue weighted by molar-refractivity contribution is -0.126. The molecule has 0 radical (unpaired) electrons. The third kappa shape index (κ3) is 1.94. The molecule has 1 aliphatic heterocycles. The van der Waals surface area contributed by atoms with Gasteiger partial charge in [-0.15, -0.1) is 0 Å². The summed E-state index contributed by atoms with van der Waals surface area (Å²) in [5.74, 6) is 0.776. The molecule has 1 aliphatic rings. The summed E-state index contributed by atoms with van der Waals surface area (Å²) in [6.07, 6.45) is 1.64. The molecule has 18 heavy (non-hydrogen) atoms. The van der Waals surface area contributed by atoms with Gasteiger partial charge in [-0.2, -0.15) is 0 Å². The van der Waals surface area contributed by atoms with Gasteiger partial charge in [-0.1, -0.05) is 0 Å². The predicted molar refractivity (Wildman–Crippen MR) is 75.5 cm³/mol. The standard InChI is InChI=1S/C12H17BrN4O/c1-7-8(14)6-16-10(9(7)13)17-5-4-15-11(18)12(17,2)3/h6H,4-5,14H2,1-3H3,(H,15,18). The number of carbonyl (C=O) groups is 1. The molecule has 0 aromatic carbocycles. The molecule has 1 fully saturated rings. The maximum atomic E-state index is 11.9. The molecule has 1 amide bonds. The van der Waals surface area contributed by atoms with E-state index in [0.29, 0.717) is 12.2 Å². The molecule has 0 spiro atoms. The third-order valence-corrected chi connectivity index (χ3v) is 4.34. The van der Waals surface area contributed by atoms with Crippen LogP contribution in [0.15, 0.2) is 10.7 Å². The van der Waals surface area contributed by atoms with Crippen molar-refractivity contribution < 1.29 is 4.79 Å². The first kappa shape index (κ1) is 13.1. The molecular weight excluding hydrogens is 296 g/mol. The number of aromatic nitrogens is 1. The highest BCUT2D eigenvalue weighted by molar-refractivity contribution is 9.10. The Hall–Kier alpha value is -1.30. The zero-order valence-electron chi connectivity index (χ0n) is 10.7. The number of nitrogens with one attached hydrogen (secondary N) is 1. The number of amides is 1. The van der Waals surface area contributed by atoms with E-state index in [1.165, 1.54) is 0 Å². The van der Waals surface area contributed by atoms with Crippen molar-refractivity contribution >= 4 is 33.3 Å². The van der Waals surface area contributed by atoms with E-state index in [-0.39, 0.29) is 5.91 Å². The van der Waals surface area contributed by atoms with E-state index >= 15 is 0 Å². The van der Waals surface area contributed by atoms with Gasteiger partial charge in [0, 0.05) is 13.1 Å². The minimum atomic E-state index is -0.615. The molecule has 1 aromatic heterocycles. The summed E-state index contributed by atoms with van der Waals surface area (Å²) in [6.45, 7) is 7.07. The first-order valence-electron chi connectivity index (χ1n) is 5.82. The number of hydrogen-bond donors (Lipinski definition) is 2. The second kappa shape index (κ2) is 4.42. The summed E-state index contributed by atoms with van der Waals surface area (Å²) in [5, 5.41) is 2.87. The Morgan fingerprint density at radius 3 is 2.89 bits per heavy atom. The molecule has 0 atom stereocenters. The zero-order chi connectivity index (χ0) is 13.5. The number of nitrogens with zero attached hydrogens (tertiary/aromatic N) is 2. The van der Waals surface area contributed by atoms with Crippen molar-refractivity contribution in [1.82, 2.24) is 10.3 Å². The number of nitrogens with two attached hydrogens (primary N) is 1. The lowest BCUT2D eigenvalue weighted by Gasteiger charge is -2.42. The van der Waals surface area contributed by atoms with Crippen LogP contribution in [-0.2, 0) is 4.79 Å². The van der Waals surface area contributed by atoms with Crippen LogP contribution in [0.4, 0.5) is 11.5 Å². The van der Waals surface area contributed by atoms with Gasteiger partial charge in [0.05, 0.1) is 16.4 Å². The van der Waals surface area contributed by atoms with E-state index in [4.69, 9.17) is 5.73 Å². The Balaban J connectivity index is 2.48. The van der Waals surface area contributed by atoms with Crippen molar-refractivity contribution in [2.24, 2.45) is 0 Å². The molecule has 2 rings (SSSR count). The highest BCUT2D eigenvalue weighted by atomic mass is 79.9. The summed E-state index contributed by atoms with van der Waals surface area (Å²) >= 11 is 3.52. The SMILES string of the molecule is Cc1c(N)cnc(N2CCNC(=O)C2(C)C)c1Br. The van der Waals surface area contributed by atoms with Crippen LogP contribution in [0.3, 0.4) is 0 Å². The average molecular weight is 313 g/mol. The van der Waals surface area contributed by atoms with Crippen LogP contribution in [0.25, 0.3) is 0 Å². The number of anilines is 2. The van der Waals surface area contributed by atoms with E-state index < -0.39 is 5.54 Å². The van der Waals surface area contributed by atoms with E-state index in [0.717, 1.165) is 22.4 Å². The van der Waals surface area contributed by atoms with Crippen molar-refractivity contribution in [3.05, 3.63) is 16.2 Å². The summed E-state index contributed by atoms with van der Waals surface area (Å²) in [6, 6.07) is 0. The number of halogens is 1. The largest absolute Gasteiger partial charge is 0.397 e. The van der Waals surface area contributed by atoms with Crippen molar-refractivity contribution in [2.75, 3.05) is 23.7 Å². The van der Waals surface area contributed by atoms with Crippen LogP contribution in [0.1, 0.15) is 19.4 Å². The maximum Gasteiger partial charge on any atom is 0.245 e. The molecule has 1 saturated heterocycles. The number of rotatable bonds is 1. The molecule has 1 aromatic rings. The Kier molecular flexibility index (Phi) is 3.23. The molecule has 3 N–H and O–H groups in total. The van der Waals surface area contributed by atoms with Gasteiger partial charge in [0.1, 0.15) is 11.4 Å². The van der Waals surface area contributed by atoms with Gasteiger partial charge in [-0.3, -0.25) is 4.79 Å². The molecule has 2 heterocycles. The summed E-state index contributed by atoms with van der Waals surface area (Å²) < 4.78 is 0.852. The normalized spacial score (nSPS) is 18.7. The second-order valence-corrected chi connectivity index (χ2v) is 5.74. The average Bonchev–Trinajstić information content (AvgIpc) is 2.31. The van der Waals surface area contributed by atoms with Crippen LogP contribution < -0.4 is 16.0 Å². The van der Waals surface area contributed by atoms with Gasteiger partial charge in [-0.25, -0.2) is 4.98 Å². The smallest absolute Gasteiger partial charge is 0.245 e.